The van der Waals surface area contributed by atoms with Crippen LogP contribution in [0.15, 0.2) is 5.16 Å². The molecule has 0 aromatic carbocycles. The molecule has 10 nitrogen and oxygen atoms in total. The van der Waals surface area contributed by atoms with Crippen molar-refractivity contribution >= 4 is 23.7 Å². The number of nitrogens with one attached hydrogen (secondary N) is 4. The highest BCUT2D eigenvalue weighted by Crippen LogP contribution is 2.02. The Labute approximate surface area is 208 Å². The number of hydrogen-bond donors (Lipinski definition) is 6. The quantitative estimate of drug-likeness (QED) is 0.0888. The van der Waals surface area contributed by atoms with Crippen molar-refractivity contribution in [2.45, 2.75) is 86.7 Å². The van der Waals surface area contributed by atoms with Gasteiger partial charge in [0.05, 0.1) is 17.7 Å². The predicted octanol–water partition coefficient (Wildman–Crippen LogP) is 2.85. The normalized spacial score (nSPS) is 10.1. The van der Waals surface area contributed by atoms with Crippen LogP contribution in [0.2, 0.25) is 0 Å². The van der Waals surface area contributed by atoms with Crippen molar-refractivity contribution in [2.75, 3.05) is 46.3 Å². The summed E-state index contributed by atoms with van der Waals surface area (Å²) >= 11 is 0. The first-order valence-corrected chi connectivity index (χ1v) is 12.1. The summed E-state index contributed by atoms with van der Waals surface area (Å²) in [7, 11) is 1.99. The molecular weight excluding hydrogens is 436 g/mol. The van der Waals surface area contributed by atoms with Gasteiger partial charge in [-0.25, -0.2) is 0 Å². The molecule has 0 aromatic heterocycles. The number of aliphatic carboxylic acids is 1. The first kappa shape index (κ1) is 39.3. The van der Waals surface area contributed by atoms with Crippen LogP contribution in [0.25, 0.3) is 0 Å². The number of rotatable bonds is 15. The third kappa shape index (κ3) is 34.7. The summed E-state index contributed by atoms with van der Waals surface area (Å²) in [5.41, 5.74) is 1.16. The Kier molecular flexibility index (Phi) is 31.7. The van der Waals surface area contributed by atoms with E-state index in [-0.39, 0.29) is 18.4 Å². The lowest BCUT2D eigenvalue weighted by Gasteiger charge is -2.28. The van der Waals surface area contributed by atoms with E-state index in [0.29, 0.717) is 23.8 Å². The summed E-state index contributed by atoms with van der Waals surface area (Å²) in [6.45, 7) is 23.9. The van der Waals surface area contributed by atoms with Crippen molar-refractivity contribution in [1.29, 1.82) is 5.41 Å². The molecule has 34 heavy (non-hydrogen) atoms. The zero-order valence-corrected chi connectivity index (χ0v) is 23.4. The number of carboxylic acids is 1. The predicted molar refractivity (Wildman–Crippen MR) is 144 cm³/mol. The molecule has 0 spiro atoms. The van der Waals surface area contributed by atoms with Gasteiger partial charge in [0.2, 0.25) is 0 Å². The molecule has 0 aliphatic rings. The van der Waals surface area contributed by atoms with Gasteiger partial charge in [-0.15, -0.1) is 0 Å². The Morgan fingerprint density at radius 2 is 1.56 bits per heavy atom. The molecule has 0 rings (SSSR count). The summed E-state index contributed by atoms with van der Waals surface area (Å²) in [5.74, 6) is -0.924. The summed E-state index contributed by atoms with van der Waals surface area (Å²) in [4.78, 5) is 21.5. The maximum atomic E-state index is 9.60. The average Bonchev–Trinajstić information content (AvgIpc) is 2.77. The van der Waals surface area contributed by atoms with E-state index in [2.05, 4.69) is 53.7 Å². The molecular formula is C24H54N6O4. The fourth-order valence-electron chi connectivity index (χ4n) is 1.96. The number of oxime groups is 1. The third-order valence-electron chi connectivity index (χ3n) is 4.27. The number of carbonyl (C=O) groups excluding carboxylic acids is 1. The maximum Gasteiger partial charge on any atom is 0.303 e. The standard InChI is InChI=1S/C15H35N5.C4H6O3.C3H7NO.C2H6/c1-13(2)18-8-11-20(10-7-17-6)12-9-19-15(4,5)14(3)16;5-3-1-2-4(6)7;1-3(2)4-5;1-2/h13,16-19H,7-12H2,1-6H3;3H,1-2H2,(H,6,7);5H,1-2H3;1-2H3. The Morgan fingerprint density at radius 3 is 1.88 bits per heavy atom. The second-order valence-corrected chi connectivity index (χ2v) is 8.38. The molecule has 0 aliphatic carbocycles. The maximum absolute atomic E-state index is 9.60. The van der Waals surface area contributed by atoms with Crippen molar-refractivity contribution in [3.63, 3.8) is 0 Å². The second kappa shape index (κ2) is 27.4. The summed E-state index contributed by atoms with van der Waals surface area (Å²) < 4.78 is 0. The molecule has 0 heterocycles. The van der Waals surface area contributed by atoms with Crippen LogP contribution >= 0.6 is 0 Å². The fraction of sp³-hybridized carbons (Fsp3) is 0.833. The molecule has 0 radical (unpaired) electrons. The van der Waals surface area contributed by atoms with Crippen LogP contribution in [0.3, 0.4) is 0 Å². The first-order valence-electron chi connectivity index (χ1n) is 12.1. The van der Waals surface area contributed by atoms with Crippen molar-refractivity contribution < 1.29 is 19.9 Å². The SMILES string of the molecule is CC.CC(C)=NO.CNCCN(CCNC(C)C)CCNC(C)(C)C(C)=N.O=CCCC(=O)O. The molecule has 6 N–H and O–H groups in total. The van der Waals surface area contributed by atoms with Crippen molar-refractivity contribution in [3.8, 4) is 0 Å². The van der Waals surface area contributed by atoms with Crippen molar-refractivity contribution in [3.05, 3.63) is 0 Å². The molecule has 0 bridgehead atoms. The van der Waals surface area contributed by atoms with Crippen LogP contribution in [-0.2, 0) is 9.59 Å². The smallest absolute Gasteiger partial charge is 0.303 e. The van der Waals surface area contributed by atoms with E-state index in [1.54, 1.807) is 13.8 Å². The van der Waals surface area contributed by atoms with Gasteiger partial charge < -0.3 is 36.5 Å². The number of nitrogens with zero attached hydrogens (tertiary/aromatic N) is 2. The molecule has 0 amide bonds. The van der Waals surface area contributed by atoms with Gasteiger partial charge in [0.1, 0.15) is 6.29 Å². The van der Waals surface area contributed by atoms with Gasteiger partial charge in [-0.05, 0) is 41.7 Å². The molecule has 204 valence electrons. The number of carboxylic acid groups (broad SMARTS) is 1. The largest absolute Gasteiger partial charge is 0.481 e. The van der Waals surface area contributed by atoms with Crippen LogP contribution in [0.4, 0.5) is 0 Å². The van der Waals surface area contributed by atoms with Gasteiger partial charge in [0.25, 0.3) is 0 Å². The van der Waals surface area contributed by atoms with E-state index in [9.17, 15) is 9.59 Å². The van der Waals surface area contributed by atoms with Crippen LogP contribution in [0.1, 0.15) is 75.2 Å². The van der Waals surface area contributed by atoms with Gasteiger partial charge in [-0.3, -0.25) is 9.69 Å². The van der Waals surface area contributed by atoms with E-state index in [4.69, 9.17) is 15.7 Å². The number of carbonyl (C=O) groups is 2. The zero-order chi connectivity index (χ0) is 27.6. The van der Waals surface area contributed by atoms with Gasteiger partial charge in [0.15, 0.2) is 0 Å². The molecule has 0 aliphatic heterocycles. The lowest BCUT2D eigenvalue weighted by atomic mass is 10.00. The molecule has 0 unspecified atom stereocenters. The highest BCUT2D eigenvalue weighted by Gasteiger charge is 2.19. The molecule has 0 fully saturated rings. The molecule has 0 saturated carbocycles. The number of aldehydes is 1. The molecule has 10 heteroatoms. The molecule has 0 atom stereocenters. The third-order valence-corrected chi connectivity index (χ3v) is 4.27. The van der Waals surface area contributed by atoms with E-state index in [0.717, 1.165) is 39.3 Å². The van der Waals surface area contributed by atoms with Crippen molar-refractivity contribution in [2.24, 2.45) is 5.16 Å². The van der Waals surface area contributed by atoms with E-state index in [1.807, 2.05) is 27.8 Å². The minimum atomic E-state index is -0.924. The fourth-order valence-corrected chi connectivity index (χ4v) is 1.96. The van der Waals surface area contributed by atoms with E-state index in [1.165, 1.54) is 0 Å². The van der Waals surface area contributed by atoms with Gasteiger partial charge in [-0.2, -0.15) is 0 Å². The van der Waals surface area contributed by atoms with Gasteiger partial charge in [0, 0.05) is 57.4 Å². The van der Waals surface area contributed by atoms with Crippen LogP contribution < -0.4 is 16.0 Å². The van der Waals surface area contributed by atoms with Crippen molar-refractivity contribution in [1.82, 2.24) is 20.9 Å². The monoisotopic (exact) mass is 490 g/mol. The topological polar surface area (TPSA) is 150 Å². The highest BCUT2D eigenvalue weighted by atomic mass is 16.4. The Bertz CT molecular complexity index is 522. The minimum absolute atomic E-state index is 0.0521. The Balaban J connectivity index is -0.000000262. The summed E-state index contributed by atoms with van der Waals surface area (Å²) in [5, 5.41) is 36.3. The lowest BCUT2D eigenvalue weighted by Crippen LogP contribution is -2.49. The van der Waals surface area contributed by atoms with E-state index >= 15 is 0 Å². The zero-order valence-electron chi connectivity index (χ0n) is 23.4. The summed E-state index contributed by atoms with van der Waals surface area (Å²) in [6, 6.07) is 0.541. The van der Waals surface area contributed by atoms with Crippen LogP contribution in [0, 0.1) is 5.41 Å². The molecule has 0 aromatic rings. The Hall–Kier alpha value is -1.88. The van der Waals surface area contributed by atoms with Crippen LogP contribution in [-0.4, -0.2) is 96.8 Å². The average molecular weight is 491 g/mol. The van der Waals surface area contributed by atoms with Gasteiger partial charge >= 0.3 is 5.97 Å². The highest BCUT2D eigenvalue weighted by molar-refractivity contribution is 5.87. The summed E-state index contributed by atoms with van der Waals surface area (Å²) in [6.07, 6.45) is 0.660. The van der Waals surface area contributed by atoms with E-state index < -0.39 is 5.97 Å². The number of hydrogen-bond acceptors (Lipinski definition) is 9. The first-order chi connectivity index (χ1) is 15.8. The molecule has 0 saturated heterocycles. The number of likely N-dealkylation sites (N-methyl/N-ethyl adjacent to an activating group) is 1. The lowest BCUT2D eigenvalue weighted by molar-refractivity contribution is -0.137. The minimum Gasteiger partial charge on any atom is -0.481 e. The Morgan fingerprint density at radius 1 is 1.09 bits per heavy atom. The second-order valence-electron chi connectivity index (χ2n) is 8.38. The van der Waals surface area contributed by atoms with Gasteiger partial charge in [-0.1, -0.05) is 32.9 Å². The van der Waals surface area contributed by atoms with Crippen LogP contribution in [0.5, 0.6) is 0 Å².